The molecule has 2 aromatic carbocycles. The van der Waals surface area contributed by atoms with Crippen LogP contribution in [-0.2, 0) is 6.54 Å². The van der Waals surface area contributed by atoms with Crippen LogP contribution in [0.5, 0.6) is 5.75 Å². The maximum atomic E-state index is 12.6. The van der Waals surface area contributed by atoms with E-state index < -0.39 is 0 Å². The molecule has 0 aliphatic carbocycles. The number of benzene rings is 2. The number of anilines is 2. The summed E-state index contributed by atoms with van der Waals surface area (Å²) in [6.07, 6.45) is 0. The monoisotopic (exact) mass is 362 g/mol. The number of rotatable bonds is 6. The number of carbonyl (C=O) groups excluding carboxylic acids is 1. The number of aryl methyl sites for hydroxylation is 1. The molecule has 1 amide bonds. The van der Waals surface area contributed by atoms with E-state index in [-0.39, 0.29) is 5.91 Å². The second kappa shape index (κ2) is 8.31. The lowest BCUT2D eigenvalue weighted by Crippen LogP contribution is -2.21. The van der Waals surface area contributed by atoms with Gasteiger partial charge in [-0.1, -0.05) is 30.3 Å². The standard InChI is InChI=1S/C21H22N4O2/c1-15-22-19(21(26)24-17-9-11-18(27-3)12-10-17)13-20(23-15)25(2)14-16-7-5-4-6-8-16/h4-13H,14H2,1-3H3,(H,24,26). The van der Waals surface area contributed by atoms with Gasteiger partial charge in [-0.3, -0.25) is 4.79 Å². The van der Waals surface area contributed by atoms with Crippen molar-refractivity contribution in [1.29, 1.82) is 0 Å². The molecular formula is C21H22N4O2. The molecule has 1 N–H and O–H groups in total. The Kier molecular flexibility index (Phi) is 5.66. The lowest BCUT2D eigenvalue weighted by molar-refractivity contribution is 0.102. The molecule has 1 heterocycles. The van der Waals surface area contributed by atoms with Crippen LogP contribution in [0.4, 0.5) is 11.5 Å². The van der Waals surface area contributed by atoms with E-state index in [2.05, 4.69) is 27.4 Å². The predicted molar refractivity (Wildman–Crippen MR) is 106 cm³/mol. The Balaban J connectivity index is 1.76. The molecule has 1 aromatic heterocycles. The Morgan fingerprint density at radius 1 is 1.07 bits per heavy atom. The Morgan fingerprint density at radius 3 is 2.44 bits per heavy atom. The Hall–Kier alpha value is -3.41. The highest BCUT2D eigenvalue weighted by atomic mass is 16.5. The summed E-state index contributed by atoms with van der Waals surface area (Å²) in [5.41, 5.74) is 2.17. The second-order valence-corrected chi connectivity index (χ2v) is 6.18. The third-order valence-corrected chi connectivity index (χ3v) is 4.06. The Morgan fingerprint density at radius 2 is 1.78 bits per heavy atom. The molecule has 0 unspecified atom stereocenters. The molecule has 0 saturated heterocycles. The van der Waals surface area contributed by atoms with Gasteiger partial charge in [0, 0.05) is 25.3 Å². The van der Waals surface area contributed by atoms with Gasteiger partial charge < -0.3 is 15.0 Å². The highest BCUT2D eigenvalue weighted by Gasteiger charge is 2.13. The topological polar surface area (TPSA) is 67.3 Å². The summed E-state index contributed by atoms with van der Waals surface area (Å²) >= 11 is 0. The van der Waals surface area contributed by atoms with Gasteiger partial charge in [0.25, 0.3) is 5.91 Å². The normalized spacial score (nSPS) is 10.3. The SMILES string of the molecule is COc1ccc(NC(=O)c2cc(N(C)Cc3ccccc3)nc(C)n2)cc1. The van der Waals surface area contributed by atoms with Crippen LogP contribution in [0.15, 0.2) is 60.7 Å². The average molecular weight is 362 g/mol. The molecule has 27 heavy (non-hydrogen) atoms. The first kappa shape index (κ1) is 18.4. The van der Waals surface area contributed by atoms with Gasteiger partial charge in [-0.05, 0) is 36.8 Å². The second-order valence-electron chi connectivity index (χ2n) is 6.18. The van der Waals surface area contributed by atoms with Crippen LogP contribution in [0.2, 0.25) is 0 Å². The van der Waals surface area contributed by atoms with Crippen molar-refractivity contribution in [2.24, 2.45) is 0 Å². The summed E-state index contributed by atoms with van der Waals surface area (Å²) in [5, 5.41) is 2.85. The molecule has 3 rings (SSSR count). The summed E-state index contributed by atoms with van der Waals surface area (Å²) in [4.78, 5) is 23.3. The third-order valence-electron chi connectivity index (χ3n) is 4.06. The number of aromatic nitrogens is 2. The number of ether oxygens (including phenoxy) is 1. The van der Waals surface area contributed by atoms with Crippen molar-refractivity contribution in [3.63, 3.8) is 0 Å². The quantitative estimate of drug-likeness (QED) is 0.724. The van der Waals surface area contributed by atoms with Crippen molar-refractivity contribution in [3.8, 4) is 5.75 Å². The Bertz CT molecular complexity index is 911. The van der Waals surface area contributed by atoms with Crippen LogP contribution in [0.25, 0.3) is 0 Å². The van der Waals surface area contributed by atoms with Crippen LogP contribution < -0.4 is 15.0 Å². The number of nitrogens with zero attached hydrogens (tertiary/aromatic N) is 3. The zero-order valence-electron chi connectivity index (χ0n) is 15.6. The van der Waals surface area contributed by atoms with Gasteiger partial charge in [-0.15, -0.1) is 0 Å². The fourth-order valence-electron chi connectivity index (χ4n) is 2.67. The first-order valence-corrected chi connectivity index (χ1v) is 8.61. The highest BCUT2D eigenvalue weighted by molar-refractivity contribution is 6.03. The highest BCUT2D eigenvalue weighted by Crippen LogP contribution is 2.18. The fraction of sp³-hybridized carbons (Fsp3) is 0.190. The van der Waals surface area contributed by atoms with E-state index >= 15 is 0 Å². The summed E-state index contributed by atoms with van der Waals surface area (Å²) in [7, 11) is 3.55. The van der Waals surface area contributed by atoms with Crippen molar-refractivity contribution in [2.75, 3.05) is 24.4 Å². The van der Waals surface area contributed by atoms with E-state index in [1.54, 1.807) is 44.4 Å². The number of nitrogens with one attached hydrogen (secondary N) is 1. The lowest BCUT2D eigenvalue weighted by atomic mass is 10.2. The largest absolute Gasteiger partial charge is 0.497 e. The molecule has 138 valence electrons. The number of methoxy groups -OCH3 is 1. The minimum absolute atomic E-state index is 0.278. The van der Waals surface area contributed by atoms with Gasteiger partial charge in [0.15, 0.2) is 0 Å². The molecule has 0 radical (unpaired) electrons. The fourth-order valence-corrected chi connectivity index (χ4v) is 2.67. The summed E-state index contributed by atoms with van der Waals surface area (Å²) < 4.78 is 5.13. The van der Waals surface area contributed by atoms with Crippen molar-refractivity contribution >= 4 is 17.4 Å². The average Bonchev–Trinajstić information content (AvgIpc) is 2.69. The van der Waals surface area contributed by atoms with E-state index in [1.165, 1.54) is 5.56 Å². The van der Waals surface area contributed by atoms with Crippen LogP contribution in [0.3, 0.4) is 0 Å². The molecule has 0 atom stereocenters. The molecule has 0 aliphatic rings. The van der Waals surface area contributed by atoms with Gasteiger partial charge in [0.05, 0.1) is 7.11 Å². The number of hydrogen-bond donors (Lipinski definition) is 1. The van der Waals surface area contributed by atoms with Gasteiger partial charge >= 0.3 is 0 Å². The van der Waals surface area contributed by atoms with Crippen LogP contribution in [-0.4, -0.2) is 30.0 Å². The molecule has 6 heteroatoms. The van der Waals surface area contributed by atoms with Gasteiger partial charge in [-0.2, -0.15) is 0 Å². The number of amides is 1. The van der Waals surface area contributed by atoms with Gasteiger partial charge in [0.2, 0.25) is 0 Å². The summed E-state index contributed by atoms with van der Waals surface area (Å²) in [6, 6.07) is 19.0. The van der Waals surface area contributed by atoms with E-state index in [4.69, 9.17) is 4.74 Å². The van der Waals surface area contributed by atoms with Crippen molar-refractivity contribution in [1.82, 2.24) is 9.97 Å². The smallest absolute Gasteiger partial charge is 0.274 e. The lowest BCUT2D eigenvalue weighted by Gasteiger charge is -2.19. The van der Waals surface area contributed by atoms with Gasteiger partial charge in [0.1, 0.15) is 23.1 Å². The number of hydrogen-bond acceptors (Lipinski definition) is 5. The molecule has 0 saturated carbocycles. The maximum absolute atomic E-state index is 12.6. The summed E-state index contributed by atoms with van der Waals surface area (Å²) in [5.74, 6) is 1.70. The predicted octanol–water partition coefficient (Wildman–Crippen LogP) is 3.68. The first-order valence-electron chi connectivity index (χ1n) is 8.61. The summed E-state index contributed by atoms with van der Waals surface area (Å²) in [6.45, 7) is 2.47. The van der Waals surface area contributed by atoms with Crippen molar-refractivity contribution in [2.45, 2.75) is 13.5 Å². The maximum Gasteiger partial charge on any atom is 0.274 e. The van der Waals surface area contributed by atoms with Crippen LogP contribution in [0, 0.1) is 6.92 Å². The molecule has 0 bridgehead atoms. The number of carbonyl (C=O) groups is 1. The van der Waals surface area contributed by atoms with Gasteiger partial charge in [-0.25, -0.2) is 9.97 Å². The third kappa shape index (κ3) is 4.82. The van der Waals surface area contributed by atoms with E-state index in [9.17, 15) is 4.79 Å². The van der Waals surface area contributed by atoms with E-state index in [1.807, 2.05) is 30.1 Å². The minimum atomic E-state index is -0.278. The molecule has 0 aliphatic heterocycles. The molecular weight excluding hydrogens is 340 g/mol. The van der Waals surface area contributed by atoms with Crippen LogP contribution >= 0.6 is 0 Å². The molecule has 3 aromatic rings. The van der Waals surface area contributed by atoms with Crippen molar-refractivity contribution in [3.05, 3.63) is 77.7 Å². The van der Waals surface area contributed by atoms with Crippen molar-refractivity contribution < 1.29 is 9.53 Å². The Labute approximate surface area is 158 Å². The molecule has 0 spiro atoms. The zero-order chi connectivity index (χ0) is 19.2. The van der Waals surface area contributed by atoms with E-state index in [0.29, 0.717) is 29.6 Å². The molecule has 6 nitrogen and oxygen atoms in total. The first-order chi connectivity index (χ1) is 13.0. The zero-order valence-corrected chi connectivity index (χ0v) is 15.6. The van der Waals surface area contributed by atoms with E-state index in [0.717, 1.165) is 5.75 Å². The molecule has 0 fully saturated rings. The van der Waals surface area contributed by atoms with Crippen LogP contribution in [0.1, 0.15) is 21.9 Å². The minimum Gasteiger partial charge on any atom is -0.497 e.